The van der Waals surface area contributed by atoms with Crippen LogP contribution < -0.4 is 0 Å². The molecule has 0 saturated heterocycles. The molecule has 0 bridgehead atoms. The number of aliphatic hydroxyl groups is 1. The summed E-state index contributed by atoms with van der Waals surface area (Å²) in [6.07, 6.45) is 4.33. The third-order valence-electron chi connectivity index (χ3n) is 3.96. The quantitative estimate of drug-likeness (QED) is 0.929. The van der Waals surface area contributed by atoms with Crippen LogP contribution in [0.4, 0.5) is 0 Å². The molecule has 1 aliphatic rings. The lowest BCUT2D eigenvalue weighted by Gasteiger charge is -2.35. The van der Waals surface area contributed by atoms with Crippen molar-refractivity contribution >= 4 is 21.4 Å². The zero-order chi connectivity index (χ0) is 14.0. The number of hydrogen-bond acceptors (Lipinski definition) is 4. The average Bonchev–Trinajstić information content (AvgIpc) is 2.88. The van der Waals surface area contributed by atoms with Crippen molar-refractivity contribution in [3.8, 4) is 0 Å². The minimum atomic E-state index is -3.42. The van der Waals surface area contributed by atoms with E-state index >= 15 is 0 Å². The minimum Gasteiger partial charge on any atom is -0.391 e. The van der Waals surface area contributed by atoms with E-state index in [0.29, 0.717) is 15.0 Å². The molecule has 4 nitrogen and oxygen atoms in total. The molecule has 1 heterocycles. The molecule has 1 saturated carbocycles. The van der Waals surface area contributed by atoms with Crippen molar-refractivity contribution in [2.24, 2.45) is 5.92 Å². The molecular weight excluding hydrogens is 282 g/mol. The highest BCUT2D eigenvalue weighted by molar-refractivity contribution is 7.91. The zero-order valence-corrected chi connectivity index (χ0v) is 13.0. The third-order valence-corrected chi connectivity index (χ3v) is 7.38. The normalized spacial score (nSPS) is 24.8. The van der Waals surface area contributed by atoms with Crippen LogP contribution >= 0.6 is 11.3 Å². The number of sulfonamides is 1. The van der Waals surface area contributed by atoms with Crippen LogP contribution in [-0.2, 0) is 16.6 Å². The maximum atomic E-state index is 12.6. The summed E-state index contributed by atoms with van der Waals surface area (Å²) in [6, 6.07) is 3.36. The van der Waals surface area contributed by atoms with E-state index in [1.165, 1.54) is 10.7 Å². The molecule has 2 atom stereocenters. The van der Waals surface area contributed by atoms with Crippen LogP contribution in [0.25, 0.3) is 0 Å². The first-order valence-corrected chi connectivity index (χ1v) is 8.90. The topological polar surface area (TPSA) is 57.6 Å². The summed E-state index contributed by atoms with van der Waals surface area (Å²) in [7, 11) is -1.74. The van der Waals surface area contributed by atoms with Gasteiger partial charge in [-0.25, -0.2) is 8.42 Å². The Bertz CT molecular complexity index is 524. The lowest BCUT2D eigenvalue weighted by atomic mass is 9.86. The summed E-state index contributed by atoms with van der Waals surface area (Å²) < 4.78 is 27.0. The Morgan fingerprint density at radius 1 is 1.37 bits per heavy atom. The van der Waals surface area contributed by atoms with Crippen molar-refractivity contribution in [3.05, 3.63) is 17.0 Å². The van der Waals surface area contributed by atoms with E-state index in [1.54, 1.807) is 19.2 Å². The van der Waals surface area contributed by atoms with Crippen molar-refractivity contribution in [1.82, 2.24) is 4.31 Å². The SMILES string of the molecule is CC1CCCCC1N(C)S(=O)(=O)c1ccc(CO)s1. The van der Waals surface area contributed by atoms with E-state index in [9.17, 15) is 8.42 Å². The smallest absolute Gasteiger partial charge is 0.252 e. The molecule has 1 fully saturated rings. The van der Waals surface area contributed by atoms with E-state index in [1.807, 2.05) is 0 Å². The summed E-state index contributed by atoms with van der Waals surface area (Å²) in [6.45, 7) is 2.02. The molecule has 6 heteroatoms. The van der Waals surface area contributed by atoms with Crippen molar-refractivity contribution in [2.75, 3.05) is 7.05 Å². The number of aliphatic hydroxyl groups excluding tert-OH is 1. The predicted octanol–water partition coefficient (Wildman–Crippen LogP) is 2.44. The molecule has 0 aromatic carbocycles. The fraction of sp³-hybridized carbons (Fsp3) is 0.692. The van der Waals surface area contributed by atoms with Crippen LogP contribution in [0.3, 0.4) is 0 Å². The van der Waals surface area contributed by atoms with Crippen LogP contribution in [0.2, 0.25) is 0 Å². The summed E-state index contributed by atoms with van der Waals surface area (Å²) in [5.41, 5.74) is 0. The molecule has 2 rings (SSSR count). The molecule has 0 amide bonds. The predicted molar refractivity (Wildman–Crippen MR) is 76.6 cm³/mol. The van der Waals surface area contributed by atoms with Gasteiger partial charge in [0, 0.05) is 18.0 Å². The molecule has 2 unspecified atom stereocenters. The van der Waals surface area contributed by atoms with Crippen LogP contribution in [0.15, 0.2) is 16.3 Å². The van der Waals surface area contributed by atoms with Gasteiger partial charge in [-0.1, -0.05) is 19.8 Å². The Labute approximate surface area is 119 Å². The Hall–Kier alpha value is -0.430. The first-order chi connectivity index (χ1) is 8.96. The molecule has 108 valence electrons. The van der Waals surface area contributed by atoms with Crippen LogP contribution in [-0.4, -0.2) is 30.9 Å². The second kappa shape index (κ2) is 5.91. The Kier molecular flexibility index (Phi) is 4.66. The first kappa shape index (κ1) is 15.0. The maximum Gasteiger partial charge on any atom is 0.252 e. The highest BCUT2D eigenvalue weighted by Crippen LogP contribution is 2.32. The van der Waals surface area contributed by atoms with Gasteiger partial charge in [0.25, 0.3) is 10.0 Å². The van der Waals surface area contributed by atoms with Gasteiger partial charge in [0.2, 0.25) is 0 Å². The highest BCUT2D eigenvalue weighted by atomic mass is 32.2. The fourth-order valence-electron chi connectivity index (χ4n) is 2.74. The zero-order valence-electron chi connectivity index (χ0n) is 11.4. The number of rotatable bonds is 4. The van der Waals surface area contributed by atoms with E-state index in [0.717, 1.165) is 30.6 Å². The minimum absolute atomic E-state index is 0.0958. The number of hydrogen-bond donors (Lipinski definition) is 1. The molecule has 1 N–H and O–H groups in total. The van der Waals surface area contributed by atoms with E-state index in [4.69, 9.17) is 5.11 Å². The highest BCUT2D eigenvalue weighted by Gasteiger charge is 2.33. The molecule has 1 aromatic rings. The third kappa shape index (κ3) is 3.02. The second-order valence-electron chi connectivity index (χ2n) is 5.23. The lowest BCUT2D eigenvalue weighted by Crippen LogP contribution is -2.42. The largest absolute Gasteiger partial charge is 0.391 e. The van der Waals surface area contributed by atoms with Gasteiger partial charge in [0.15, 0.2) is 0 Å². The molecule has 0 radical (unpaired) electrons. The van der Waals surface area contributed by atoms with E-state index in [2.05, 4.69) is 6.92 Å². The van der Waals surface area contributed by atoms with Gasteiger partial charge in [-0.3, -0.25) is 0 Å². The molecule has 0 aliphatic heterocycles. The van der Waals surface area contributed by atoms with Crippen molar-refractivity contribution in [3.63, 3.8) is 0 Å². The van der Waals surface area contributed by atoms with Crippen molar-refractivity contribution in [1.29, 1.82) is 0 Å². The first-order valence-electron chi connectivity index (χ1n) is 6.64. The van der Waals surface area contributed by atoms with Crippen LogP contribution in [0.5, 0.6) is 0 Å². The number of thiophene rings is 1. The maximum absolute atomic E-state index is 12.6. The molecule has 1 aromatic heterocycles. The lowest BCUT2D eigenvalue weighted by molar-refractivity contribution is 0.213. The molecule has 19 heavy (non-hydrogen) atoms. The van der Waals surface area contributed by atoms with Gasteiger partial charge in [0.05, 0.1) is 6.61 Å². The molecule has 1 aliphatic carbocycles. The van der Waals surface area contributed by atoms with Crippen LogP contribution in [0, 0.1) is 5.92 Å². The second-order valence-corrected chi connectivity index (χ2v) is 8.62. The Morgan fingerprint density at radius 3 is 2.63 bits per heavy atom. The van der Waals surface area contributed by atoms with Gasteiger partial charge < -0.3 is 5.11 Å². The number of nitrogens with zero attached hydrogens (tertiary/aromatic N) is 1. The Morgan fingerprint density at radius 2 is 2.05 bits per heavy atom. The summed E-state index contributed by atoms with van der Waals surface area (Å²) >= 11 is 1.15. The summed E-state index contributed by atoms with van der Waals surface area (Å²) in [5.74, 6) is 0.408. The standard InChI is InChI=1S/C13H21NO3S2/c1-10-5-3-4-6-12(10)14(2)19(16,17)13-8-7-11(9-15)18-13/h7-8,10,12,15H,3-6,9H2,1-2H3. The van der Waals surface area contributed by atoms with Gasteiger partial charge in [-0.05, 0) is 30.9 Å². The fourth-order valence-corrected chi connectivity index (χ4v) is 5.62. The molecular formula is C13H21NO3S2. The van der Waals surface area contributed by atoms with E-state index in [-0.39, 0.29) is 12.6 Å². The van der Waals surface area contributed by atoms with Crippen molar-refractivity contribution in [2.45, 2.75) is 49.5 Å². The van der Waals surface area contributed by atoms with E-state index < -0.39 is 10.0 Å². The van der Waals surface area contributed by atoms with Crippen LogP contribution in [0.1, 0.15) is 37.5 Å². The van der Waals surface area contributed by atoms with Gasteiger partial charge in [-0.2, -0.15) is 4.31 Å². The monoisotopic (exact) mass is 303 g/mol. The summed E-state index contributed by atoms with van der Waals surface area (Å²) in [5, 5.41) is 9.05. The molecule has 0 spiro atoms. The average molecular weight is 303 g/mol. The van der Waals surface area contributed by atoms with Gasteiger partial charge in [-0.15, -0.1) is 11.3 Å². The summed E-state index contributed by atoms with van der Waals surface area (Å²) in [4.78, 5) is 0.684. The van der Waals surface area contributed by atoms with Crippen molar-refractivity contribution < 1.29 is 13.5 Å². The van der Waals surface area contributed by atoms with Gasteiger partial charge >= 0.3 is 0 Å². The van der Waals surface area contributed by atoms with Gasteiger partial charge in [0.1, 0.15) is 4.21 Å². The Balaban J connectivity index is 2.23.